The van der Waals surface area contributed by atoms with Gasteiger partial charge in [-0.25, -0.2) is 9.18 Å². The standard InChI is InChI=1S/C13H9F15O3/c1-2-5(29)31-6(30)3-4-7(14,15)9(17,18)11(21,22)10(19,20)8(16,12(23,24)25)13(26,27)28/h2,6,30H,1,3-4H2. The van der Waals surface area contributed by atoms with Crippen molar-refractivity contribution in [2.45, 2.75) is 60.8 Å². The maximum Gasteiger partial charge on any atom is 0.438 e. The van der Waals surface area contributed by atoms with Gasteiger partial charge in [0, 0.05) is 18.9 Å². The molecule has 0 saturated heterocycles. The second kappa shape index (κ2) is 8.23. The van der Waals surface area contributed by atoms with Crippen molar-refractivity contribution in [2.24, 2.45) is 0 Å². The van der Waals surface area contributed by atoms with Crippen LogP contribution in [0.15, 0.2) is 12.7 Å². The van der Waals surface area contributed by atoms with Crippen molar-refractivity contribution in [2.75, 3.05) is 0 Å². The van der Waals surface area contributed by atoms with Crippen molar-refractivity contribution in [3.8, 4) is 0 Å². The Morgan fingerprint density at radius 2 is 1.16 bits per heavy atom. The Hall–Kier alpha value is -1.88. The average Bonchev–Trinajstić information content (AvgIpc) is 2.56. The van der Waals surface area contributed by atoms with E-state index in [1.54, 1.807) is 0 Å². The first-order chi connectivity index (χ1) is 13.3. The minimum Gasteiger partial charge on any atom is -0.433 e. The van der Waals surface area contributed by atoms with Crippen molar-refractivity contribution in [3.63, 3.8) is 0 Å². The second-order valence-corrected chi connectivity index (χ2v) is 5.72. The molecule has 0 aromatic heterocycles. The molecule has 0 amide bonds. The summed E-state index contributed by atoms with van der Waals surface area (Å²) in [6.07, 6.45) is -23.3. The van der Waals surface area contributed by atoms with Crippen LogP contribution in [0.4, 0.5) is 65.9 Å². The summed E-state index contributed by atoms with van der Waals surface area (Å²) in [5.41, 5.74) is -8.37. The molecular formula is C13H9F15O3. The summed E-state index contributed by atoms with van der Waals surface area (Å²) in [5, 5.41) is 8.92. The summed E-state index contributed by atoms with van der Waals surface area (Å²) in [6.45, 7) is 2.73. The summed E-state index contributed by atoms with van der Waals surface area (Å²) in [7, 11) is 0. The predicted molar refractivity (Wildman–Crippen MR) is 67.3 cm³/mol. The lowest BCUT2D eigenvalue weighted by atomic mass is 9.85. The first-order valence-corrected chi connectivity index (χ1v) is 7.20. The topological polar surface area (TPSA) is 46.5 Å². The minimum atomic E-state index is -8.50. The fourth-order valence-corrected chi connectivity index (χ4v) is 1.86. The van der Waals surface area contributed by atoms with Crippen molar-refractivity contribution < 1.29 is 80.5 Å². The number of hydrogen-bond donors (Lipinski definition) is 1. The van der Waals surface area contributed by atoms with Gasteiger partial charge in [0.2, 0.25) is 6.29 Å². The zero-order chi connectivity index (χ0) is 25.5. The second-order valence-electron chi connectivity index (χ2n) is 5.72. The van der Waals surface area contributed by atoms with E-state index in [9.17, 15) is 70.7 Å². The van der Waals surface area contributed by atoms with E-state index in [-0.39, 0.29) is 6.08 Å². The van der Waals surface area contributed by atoms with Crippen LogP contribution in [0.3, 0.4) is 0 Å². The van der Waals surface area contributed by atoms with Crippen LogP contribution in [0.5, 0.6) is 0 Å². The molecule has 0 radical (unpaired) electrons. The molecule has 184 valence electrons. The molecule has 0 aromatic rings. The summed E-state index contributed by atoms with van der Waals surface area (Å²) in [4.78, 5) is 10.6. The Morgan fingerprint density at radius 1 is 0.774 bits per heavy atom. The Labute approximate surface area is 161 Å². The Morgan fingerprint density at radius 3 is 1.48 bits per heavy atom. The van der Waals surface area contributed by atoms with Crippen LogP contribution in [-0.2, 0) is 9.53 Å². The van der Waals surface area contributed by atoms with Crippen molar-refractivity contribution in [1.29, 1.82) is 0 Å². The van der Waals surface area contributed by atoms with E-state index in [1.807, 2.05) is 0 Å². The number of carbonyl (C=O) groups is 1. The molecule has 0 fully saturated rings. The summed E-state index contributed by atoms with van der Waals surface area (Å²) in [6, 6.07) is 0. The van der Waals surface area contributed by atoms with E-state index in [1.165, 1.54) is 0 Å². The van der Waals surface area contributed by atoms with Crippen LogP contribution in [0.25, 0.3) is 0 Å². The SMILES string of the molecule is C=CC(=O)OC(O)CCC(F)(F)C(F)(F)C(F)(F)C(F)(F)C(F)(C(F)(F)F)C(F)(F)F. The first kappa shape index (κ1) is 29.1. The van der Waals surface area contributed by atoms with Gasteiger partial charge in [-0.15, -0.1) is 0 Å². The third-order valence-electron chi connectivity index (χ3n) is 3.59. The van der Waals surface area contributed by atoms with Crippen LogP contribution < -0.4 is 0 Å². The molecule has 0 heterocycles. The van der Waals surface area contributed by atoms with Crippen LogP contribution in [0.2, 0.25) is 0 Å². The molecule has 0 spiro atoms. The fourth-order valence-electron chi connectivity index (χ4n) is 1.86. The molecule has 0 bridgehead atoms. The fraction of sp³-hybridized carbons (Fsp3) is 0.769. The molecule has 0 aliphatic rings. The third-order valence-corrected chi connectivity index (χ3v) is 3.59. The van der Waals surface area contributed by atoms with Gasteiger partial charge in [0.1, 0.15) is 0 Å². The minimum absolute atomic E-state index is 0.278. The van der Waals surface area contributed by atoms with E-state index in [0.29, 0.717) is 0 Å². The Bertz CT molecular complexity index is 650. The van der Waals surface area contributed by atoms with Gasteiger partial charge in [0.15, 0.2) is 0 Å². The van der Waals surface area contributed by atoms with Crippen LogP contribution in [0.1, 0.15) is 12.8 Å². The lowest BCUT2D eigenvalue weighted by molar-refractivity contribution is -0.457. The molecule has 0 aliphatic carbocycles. The number of rotatable bonds is 9. The van der Waals surface area contributed by atoms with Gasteiger partial charge in [0.05, 0.1) is 0 Å². The van der Waals surface area contributed by atoms with Gasteiger partial charge in [-0.2, -0.15) is 61.5 Å². The maximum absolute atomic E-state index is 13.5. The Balaban J connectivity index is 6.25. The average molecular weight is 498 g/mol. The molecule has 0 rings (SSSR count). The Kier molecular flexibility index (Phi) is 7.73. The predicted octanol–water partition coefficient (Wildman–Crippen LogP) is 5.19. The van der Waals surface area contributed by atoms with E-state index < -0.39 is 66.8 Å². The van der Waals surface area contributed by atoms with Crippen molar-refractivity contribution in [3.05, 3.63) is 12.7 Å². The molecule has 0 aliphatic heterocycles. The largest absolute Gasteiger partial charge is 0.438 e. The number of aliphatic hydroxyl groups is 1. The number of hydrogen-bond acceptors (Lipinski definition) is 3. The van der Waals surface area contributed by atoms with Crippen molar-refractivity contribution in [1.82, 2.24) is 0 Å². The zero-order valence-electron chi connectivity index (χ0n) is 14.2. The number of esters is 1. The monoisotopic (exact) mass is 498 g/mol. The van der Waals surface area contributed by atoms with Gasteiger partial charge in [0.25, 0.3) is 0 Å². The number of aliphatic hydroxyl groups excluding tert-OH is 1. The van der Waals surface area contributed by atoms with Crippen LogP contribution in [0, 0.1) is 0 Å². The highest BCUT2D eigenvalue weighted by molar-refractivity contribution is 5.81. The molecule has 3 nitrogen and oxygen atoms in total. The van der Waals surface area contributed by atoms with E-state index in [0.717, 1.165) is 0 Å². The number of alkyl halides is 15. The normalized spacial score (nSPS) is 16.1. The number of carbonyl (C=O) groups excluding carboxylic acids is 1. The van der Waals surface area contributed by atoms with Gasteiger partial charge < -0.3 is 9.84 Å². The van der Waals surface area contributed by atoms with E-state index in [2.05, 4.69) is 11.3 Å². The maximum atomic E-state index is 13.5. The number of ether oxygens (including phenoxy) is 1. The van der Waals surface area contributed by atoms with Crippen molar-refractivity contribution >= 4 is 5.97 Å². The third kappa shape index (κ3) is 4.67. The number of halogens is 15. The van der Waals surface area contributed by atoms with E-state index >= 15 is 0 Å². The van der Waals surface area contributed by atoms with E-state index in [4.69, 9.17) is 5.11 Å². The molecule has 1 unspecified atom stereocenters. The van der Waals surface area contributed by atoms with Crippen LogP contribution in [-0.4, -0.2) is 59.1 Å². The first-order valence-electron chi connectivity index (χ1n) is 7.20. The van der Waals surface area contributed by atoms with Gasteiger partial charge in [-0.05, 0) is 0 Å². The quantitative estimate of drug-likeness (QED) is 0.206. The molecule has 18 heteroatoms. The van der Waals surface area contributed by atoms with Gasteiger partial charge >= 0.3 is 47.7 Å². The zero-order valence-corrected chi connectivity index (χ0v) is 14.2. The van der Waals surface area contributed by atoms with Crippen LogP contribution >= 0.6 is 0 Å². The van der Waals surface area contributed by atoms with Gasteiger partial charge in [-0.1, -0.05) is 6.58 Å². The van der Waals surface area contributed by atoms with Gasteiger partial charge in [-0.3, -0.25) is 0 Å². The lowest BCUT2D eigenvalue weighted by Gasteiger charge is -2.43. The summed E-state index contributed by atoms with van der Waals surface area (Å²) in [5.74, 6) is -32.7. The highest BCUT2D eigenvalue weighted by Crippen LogP contribution is 2.64. The molecule has 1 atom stereocenters. The smallest absolute Gasteiger partial charge is 0.433 e. The molecule has 0 aromatic carbocycles. The molecular weight excluding hydrogens is 489 g/mol. The molecule has 0 saturated carbocycles. The molecule has 31 heavy (non-hydrogen) atoms. The molecule has 1 N–H and O–H groups in total. The lowest BCUT2D eigenvalue weighted by Crippen LogP contribution is -2.75. The highest BCUT2D eigenvalue weighted by atomic mass is 19.4. The highest BCUT2D eigenvalue weighted by Gasteiger charge is 2.95. The summed E-state index contributed by atoms with van der Waals surface area (Å²) < 4.78 is 198. The summed E-state index contributed by atoms with van der Waals surface area (Å²) >= 11 is 0.